The number of anilines is 1. The van der Waals surface area contributed by atoms with Crippen LogP contribution in [0.1, 0.15) is 38.8 Å². The van der Waals surface area contributed by atoms with Crippen LogP contribution in [0.5, 0.6) is 0 Å². The summed E-state index contributed by atoms with van der Waals surface area (Å²) in [5.74, 6) is 0. The summed E-state index contributed by atoms with van der Waals surface area (Å²) in [6.07, 6.45) is 1.02. The quantitative estimate of drug-likeness (QED) is 0.670. The fraction of sp³-hybridized carbons (Fsp3) is 0.333. The first-order valence-electron chi connectivity index (χ1n) is 7.11. The Bertz CT molecular complexity index is 568. The normalized spacial score (nSPS) is 13.0. The van der Waals surface area contributed by atoms with E-state index < -0.39 is 0 Å². The summed E-state index contributed by atoms with van der Waals surface area (Å²) >= 11 is 12.2. The maximum atomic E-state index is 6.09. The Morgan fingerprint density at radius 3 is 2.05 bits per heavy atom. The maximum absolute atomic E-state index is 6.09. The predicted octanol–water partition coefficient (Wildman–Crippen LogP) is 6.58. The van der Waals surface area contributed by atoms with Crippen molar-refractivity contribution in [3.05, 3.63) is 64.1 Å². The van der Waals surface area contributed by atoms with E-state index >= 15 is 0 Å². The zero-order valence-corrected chi connectivity index (χ0v) is 14.2. The number of benzene rings is 2. The largest absolute Gasteiger partial charge is 0.378 e. The van der Waals surface area contributed by atoms with E-state index in [9.17, 15) is 0 Å². The average Bonchev–Trinajstić information content (AvgIpc) is 2.36. The standard InChI is InChI=1S/C18H21Cl2N/c1-18(2,3)12-17(13-7-5-4-6-8-13)21-16-10-14(19)9-15(20)11-16/h4-11,17,21H,12H2,1-3H3. The highest BCUT2D eigenvalue weighted by molar-refractivity contribution is 6.35. The number of nitrogens with one attached hydrogen (secondary N) is 1. The molecule has 112 valence electrons. The van der Waals surface area contributed by atoms with Gasteiger partial charge >= 0.3 is 0 Å². The van der Waals surface area contributed by atoms with Crippen LogP contribution >= 0.6 is 23.2 Å². The number of hydrogen-bond donors (Lipinski definition) is 1. The lowest BCUT2D eigenvalue weighted by atomic mass is 9.85. The van der Waals surface area contributed by atoms with Gasteiger partial charge in [0.25, 0.3) is 0 Å². The molecule has 0 saturated heterocycles. The van der Waals surface area contributed by atoms with E-state index in [-0.39, 0.29) is 11.5 Å². The van der Waals surface area contributed by atoms with Gasteiger partial charge in [0.2, 0.25) is 0 Å². The lowest BCUT2D eigenvalue weighted by molar-refractivity contribution is 0.352. The minimum Gasteiger partial charge on any atom is -0.378 e. The fourth-order valence-corrected chi connectivity index (χ4v) is 2.91. The minimum atomic E-state index is 0.218. The number of hydrogen-bond acceptors (Lipinski definition) is 1. The van der Waals surface area contributed by atoms with Crippen LogP contribution in [0.15, 0.2) is 48.5 Å². The van der Waals surface area contributed by atoms with Gasteiger partial charge in [-0.2, -0.15) is 0 Å². The van der Waals surface area contributed by atoms with Crippen molar-refractivity contribution in [2.75, 3.05) is 5.32 Å². The van der Waals surface area contributed by atoms with Gasteiger partial charge in [-0.25, -0.2) is 0 Å². The van der Waals surface area contributed by atoms with Crippen molar-refractivity contribution in [1.29, 1.82) is 0 Å². The molecule has 1 nitrogen and oxygen atoms in total. The summed E-state index contributed by atoms with van der Waals surface area (Å²) in [6, 6.07) is 16.3. The maximum Gasteiger partial charge on any atom is 0.0518 e. The summed E-state index contributed by atoms with van der Waals surface area (Å²) in [6.45, 7) is 6.74. The Hall–Kier alpha value is -1.18. The molecule has 0 spiro atoms. The first-order valence-corrected chi connectivity index (χ1v) is 7.87. The van der Waals surface area contributed by atoms with E-state index in [0.29, 0.717) is 10.0 Å². The van der Waals surface area contributed by atoms with Gasteiger partial charge in [-0.05, 0) is 35.6 Å². The van der Waals surface area contributed by atoms with Crippen molar-refractivity contribution in [2.45, 2.75) is 33.2 Å². The third-order valence-corrected chi connectivity index (χ3v) is 3.66. The van der Waals surface area contributed by atoms with E-state index in [1.54, 1.807) is 6.07 Å². The van der Waals surface area contributed by atoms with Gasteiger partial charge in [0.05, 0.1) is 6.04 Å². The van der Waals surface area contributed by atoms with E-state index in [1.165, 1.54) is 5.56 Å². The summed E-state index contributed by atoms with van der Waals surface area (Å²) in [5, 5.41) is 4.86. The molecule has 21 heavy (non-hydrogen) atoms. The van der Waals surface area contributed by atoms with Crippen molar-refractivity contribution in [3.8, 4) is 0 Å². The molecule has 2 aromatic rings. The van der Waals surface area contributed by atoms with Crippen LogP contribution < -0.4 is 5.32 Å². The molecule has 0 aliphatic carbocycles. The van der Waals surface area contributed by atoms with Gasteiger partial charge in [0.1, 0.15) is 0 Å². The SMILES string of the molecule is CC(C)(C)CC(Nc1cc(Cl)cc(Cl)c1)c1ccccc1. The lowest BCUT2D eigenvalue weighted by Gasteiger charge is -2.28. The van der Waals surface area contributed by atoms with Crippen molar-refractivity contribution >= 4 is 28.9 Å². The monoisotopic (exact) mass is 321 g/mol. The second kappa shape index (κ2) is 6.72. The highest BCUT2D eigenvalue weighted by Crippen LogP contribution is 2.33. The van der Waals surface area contributed by atoms with Gasteiger partial charge in [-0.1, -0.05) is 74.3 Å². The number of halogens is 2. The topological polar surface area (TPSA) is 12.0 Å². The third-order valence-electron chi connectivity index (χ3n) is 3.22. The Kier molecular flexibility index (Phi) is 5.18. The lowest BCUT2D eigenvalue weighted by Crippen LogP contribution is -2.18. The van der Waals surface area contributed by atoms with Gasteiger partial charge in [-0.3, -0.25) is 0 Å². The molecule has 0 bridgehead atoms. The molecule has 0 saturated carbocycles. The van der Waals surface area contributed by atoms with E-state index in [4.69, 9.17) is 23.2 Å². The smallest absolute Gasteiger partial charge is 0.0518 e. The van der Waals surface area contributed by atoms with Gasteiger partial charge in [0.15, 0.2) is 0 Å². The fourth-order valence-electron chi connectivity index (χ4n) is 2.39. The molecular formula is C18H21Cl2N. The Morgan fingerprint density at radius 1 is 0.952 bits per heavy atom. The highest BCUT2D eigenvalue weighted by Gasteiger charge is 2.20. The zero-order chi connectivity index (χ0) is 15.5. The molecule has 0 heterocycles. The molecular weight excluding hydrogens is 301 g/mol. The first-order chi connectivity index (χ1) is 9.83. The predicted molar refractivity (Wildman–Crippen MR) is 93.3 cm³/mol. The second-order valence-corrected chi connectivity index (χ2v) is 7.40. The average molecular weight is 322 g/mol. The highest BCUT2D eigenvalue weighted by atomic mass is 35.5. The zero-order valence-electron chi connectivity index (χ0n) is 12.7. The Labute approximate surface area is 137 Å². The second-order valence-electron chi connectivity index (χ2n) is 6.53. The molecule has 0 aliphatic heterocycles. The van der Waals surface area contributed by atoms with Gasteiger partial charge in [-0.15, -0.1) is 0 Å². The van der Waals surface area contributed by atoms with Crippen LogP contribution in [0.2, 0.25) is 10.0 Å². The molecule has 2 aromatic carbocycles. The molecule has 1 N–H and O–H groups in total. The molecule has 0 radical (unpaired) electrons. The summed E-state index contributed by atoms with van der Waals surface area (Å²) in [4.78, 5) is 0. The molecule has 0 fully saturated rings. The summed E-state index contributed by atoms with van der Waals surface area (Å²) in [7, 11) is 0. The van der Waals surface area contributed by atoms with Crippen LogP contribution in [-0.4, -0.2) is 0 Å². The summed E-state index contributed by atoms with van der Waals surface area (Å²) in [5.41, 5.74) is 2.43. The van der Waals surface area contributed by atoms with Crippen LogP contribution in [0.25, 0.3) is 0 Å². The van der Waals surface area contributed by atoms with Crippen molar-refractivity contribution < 1.29 is 0 Å². The van der Waals surface area contributed by atoms with Crippen molar-refractivity contribution in [3.63, 3.8) is 0 Å². The van der Waals surface area contributed by atoms with Crippen LogP contribution in [0.3, 0.4) is 0 Å². The van der Waals surface area contributed by atoms with Crippen molar-refractivity contribution in [1.82, 2.24) is 0 Å². The summed E-state index contributed by atoms with van der Waals surface area (Å²) < 4.78 is 0. The van der Waals surface area contributed by atoms with E-state index in [0.717, 1.165) is 12.1 Å². The molecule has 0 aliphatic rings. The molecule has 0 aromatic heterocycles. The molecule has 2 rings (SSSR count). The molecule has 1 atom stereocenters. The van der Waals surface area contributed by atoms with Crippen molar-refractivity contribution in [2.24, 2.45) is 5.41 Å². The minimum absolute atomic E-state index is 0.218. The molecule has 3 heteroatoms. The molecule has 0 amide bonds. The van der Waals surface area contributed by atoms with E-state index in [1.807, 2.05) is 18.2 Å². The van der Waals surface area contributed by atoms with Gasteiger partial charge < -0.3 is 5.32 Å². The molecule has 1 unspecified atom stereocenters. The van der Waals surface area contributed by atoms with Crippen LogP contribution in [0.4, 0.5) is 5.69 Å². The first kappa shape index (κ1) is 16.2. The van der Waals surface area contributed by atoms with E-state index in [2.05, 4.69) is 50.4 Å². The number of rotatable bonds is 4. The third kappa shape index (κ3) is 5.26. The Balaban J connectivity index is 2.27. The van der Waals surface area contributed by atoms with Gasteiger partial charge in [0, 0.05) is 15.7 Å². The van der Waals surface area contributed by atoms with Crippen LogP contribution in [-0.2, 0) is 0 Å². The Morgan fingerprint density at radius 2 is 1.52 bits per heavy atom. The van der Waals surface area contributed by atoms with Crippen LogP contribution in [0, 0.1) is 5.41 Å².